The Labute approximate surface area is 181 Å². The molecule has 3 aromatic heterocycles. The summed E-state index contributed by atoms with van der Waals surface area (Å²) in [5.41, 5.74) is 5.02. The van der Waals surface area contributed by atoms with Crippen LogP contribution < -0.4 is 0 Å². The van der Waals surface area contributed by atoms with Gasteiger partial charge in [0.1, 0.15) is 17.3 Å². The third kappa shape index (κ3) is 4.82. The van der Waals surface area contributed by atoms with Crippen molar-refractivity contribution in [2.75, 3.05) is 6.61 Å². The van der Waals surface area contributed by atoms with Gasteiger partial charge in [-0.05, 0) is 49.9 Å². The lowest BCUT2D eigenvalue weighted by Crippen LogP contribution is -2.15. The second-order valence-corrected chi connectivity index (χ2v) is 8.02. The number of nitrogens with zero attached hydrogens (tertiary/aromatic N) is 4. The van der Waals surface area contributed by atoms with Crippen LogP contribution in [0.5, 0.6) is 0 Å². The lowest BCUT2D eigenvalue weighted by atomic mass is 9.94. The first-order chi connectivity index (χ1) is 15.0. The van der Waals surface area contributed by atoms with Gasteiger partial charge < -0.3 is 4.84 Å². The van der Waals surface area contributed by atoms with Gasteiger partial charge >= 0.3 is 6.08 Å². The van der Waals surface area contributed by atoms with Crippen LogP contribution in [0.2, 0.25) is 0 Å². The molecule has 5 nitrogen and oxygen atoms in total. The standard InChI is InChI=1S/C22H19F3N4OS/c1-13-20(31-22(27-13)15-5-3-10-26-12-15)18-8-7-14-4-2-6-17(19(14)28-18)29-30-11-9-16(23)21(24)25/h3,5,7-8,10,12H,2,4,6,9,11H2,1H3. The van der Waals surface area contributed by atoms with E-state index in [4.69, 9.17) is 9.82 Å². The number of hydrogen-bond donors (Lipinski definition) is 0. The molecule has 0 N–H and O–H groups in total. The van der Waals surface area contributed by atoms with Crippen molar-refractivity contribution in [3.05, 3.63) is 65.5 Å². The van der Waals surface area contributed by atoms with Gasteiger partial charge in [0.2, 0.25) is 0 Å². The van der Waals surface area contributed by atoms with Crippen molar-refractivity contribution in [2.45, 2.75) is 32.6 Å². The number of hydrogen-bond acceptors (Lipinski definition) is 6. The Bertz CT molecular complexity index is 1140. The van der Waals surface area contributed by atoms with Crippen molar-refractivity contribution in [3.8, 4) is 21.1 Å². The largest absolute Gasteiger partial charge is 0.395 e. The fourth-order valence-corrected chi connectivity index (χ4v) is 4.35. The van der Waals surface area contributed by atoms with Gasteiger partial charge in [-0.25, -0.2) is 14.4 Å². The zero-order chi connectivity index (χ0) is 21.8. The summed E-state index contributed by atoms with van der Waals surface area (Å²) in [5.74, 6) is -1.48. The van der Waals surface area contributed by atoms with Crippen LogP contribution in [-0.4, -0.2) is 27.3 Å². The Morgan fingerprint density at radius 2 is 2.03 bits per heavy atom. The van der Waals surface area contributed by atoms with Gasteiger partial charge in [-0.2, -0.15) is 8.78 Å². The molecule has 0 bridgehead atoms. The van der Waals surface area contributed by atoms with E-state index >= 15 is 0 Å². The molecule has 0 radical (unpaired) electrons. The summed E-state index contributed by atoms with van der Waals surface area (Å²) in [6.45, 7) is 1.68. The SMILES string of the molecule is Cc1nc(-c2cccnc2)sc1-c1ccc2c(n1)C(=NOCCC(F)=C(F)F)CCC2. The highest BCUT2D eigenvalue weighted by Gasteiger charge is 2.21. The summed E-state index contributed by atoms with van der Waals surface area (Å²) in [7, 11) is 0. The van der Waals surface area contributed by atoms with Crippen LogP contribution in [0.4, 0.5) is 13.2 Å². The monoisotopic (exact) mass is 444 g/mol. The van der Waals surface area contributed by atoms with Crippen molar-refractivity contribution in [1.82, 2.24) is 15.0 Å². The molecule has 0 unspecified atom stereocenters. The van der Waals surface area contributed by atoms with E-state index in [-0.39, 0.29) is 6.61 Å². The molecule has 0 saturated heterocycles. The highest BCUT2D eigenvalue weighted by atomic mass is 32.1. The van der Waals surface area contributed by atoms with E-state index in [1.54, 1.807) is 23.7 Å². The molecule has 1 aliphatic carbocycles. The molecule has 3 heterocycles. The predicted octanol–water partition coefficient (Wildman–Crippen LogP) is 6.10. The van der Waals surface area contributed by atoms with E-state index < -0.39 is 18.3 Å². The van der Waals surface area contributed by atoms with E-state index in [1.807, 2.05) is 31.2 Å². The lowest BCUT2D eigenvalue weighted by molar-refractivity contribution is 0.140. The Hall–Kier alpha value is -3.07. The van der Waals surface area contributed by atoms with Crippen LogP contribution in [0.3, 0.4) is 0 Å². The number of fused-ring (bicyclic) bond motifs is 1. The molecule has 0 atom stereocenters. The highest BCUT2D eigenvalue weighted by Crippen LogP contribution is 2.35. The first kappa shape index (κ1) is 21.2. The van der Waals surface area contributed by atoms with E-state index in [9.17, 15) is 13.2 Å². The van der Waals surface area contributed by atoms with Crippen molar-refractivity contribution < 1.29 is 18.0 Å². The first-order valence-electron chi connectivity index (χ1n) is 9.80. The second-order valence-electron chi connectivity index (χ2n) is 7.02. The molecule has 31 heavy (non-hydrogen) atoms. The molecule has 0 spiro atoms. The van der Waals surface area contributed by atoms with Crippen molar-refractivity contribution in [2.24, 2.45) is 5.16 Å². The van der Waals surface area contributed by atoms with E-state index in [2.05, 4.69) is 15.1 Å². The molecule has 0 aromatic carbocycles. The fourth-order valence-electron chi connectivity index (χ4n) is 3.32. The van der Waals surface area contributed by atoms with Gasteiger partial charge in [0.05, 0.1) is 22.0 Å². The van der Waals surface area contributed by atoms with Crippen LogP contribution in [0.1, 0.15) is 36.2 Å². The third-order valence-electron chi connectivity index (χ3n) is 4.84. The van der Waals surface area contributed by atoms with Gasteiger partial charge in [0, 0.05) is 24.4 Å². The molecule has 3 aromatic rings. The Morgan fingerprint density at radius 1 is 1.16 bits per heavy atom. The molecule has 160 valence electrons. The topological polar surface area (TPSA) is 60.3 Å². The quantitative estimate of drug-likeness (QED) is 0.340. The Balaban J connectivity index is 1.59. The zero-order valence-electron chi connectivity index (χ0n) is 16.7. The minimum atomic E-state index is -2.32. The van der Waals surface area contributed by atoms with Crippen LogP contribution >= 0.6 is 11.3 Å². The van der Waals surface area contributed by atoms with E-state index in [1.165, 1.54) is 0 Å². The van der Waals surface area contributed by atoms with Crippen molar-refractivity contribution >= 4 is 17.0 Å². The second kappa shape index (κ2) is 9.38. The lowest BCUT2D eigenvalue weighted by Gasteiger charge is -2.17. The van der Waals surface area contributed by atoms with Gasteiger partial charge in [-0.3, -0.25) is 4.98 Å². The molecule has 0 saturated carbocycles. The molecular formula is C22H19F3N4OS. The van der Waals surface area contributed by atoms with Gasteiger partial charge in [0.15, 0.2) is 5.83 Å². The molecule has 9 heteroatoms. The van der Waals surface area contributed by atoms with Gasteiger partial charge in [-0.1, -0.05) is 11.2 Å². The van der Waals surface area contributed by atoms with Crippen molar-refractivity contribution in [3.63, 3.8) is 0 Å². The number of aromatic nitrogens is 3. The number of rotatable bonds is 6. The minimum Gasteiger partial charge on any atom is -0.395 e. The van der Waals surface area contributed by atoms with Crippen LogP contribution in [0.15, 0.2) is 53.7 Å². The number of oxime groups is 1. The maximum atomic E-state index is 12.9. The maximum absolute atomic E-state index is 12.9. The number of thiazole rings is 1. The predicted molar refractivity (Wildman–Crippen MR) is 114 cm³/mol. The van der Waals surface area contributed by atoms with E-state index in [0.717, 1.165) is 50.9 Å². The van der Waals surface area contributed by atoms with Crippen molar-refractivity contribution in [1.29, 1.82) is 0 Å². The smallest absolute Gasteiger partial charge is 0.301 e. The Kier molecular flexibility index (Phi) is 6.41. The zero-order valence-corrected chi connectivity index (χ0v) is 17.6. The van der Waals surface area contributed by atoms with Gasteiger partial charge in [-0.15, -0.1) is 11.3 Å². The first-order valence-corrected chi connectivity index (χ1v) is 10.6. The minimum absolute atomic E-state index is 0.260. The highest BCUT2D eigenvalue weighted by molar-refractivity contribution is 7.18. The summed E-state index contributed by atoms with van der Waals surface area (Å²) < 4.78 is 37.2. The van der Waals surface area contributed by atoms with Crippen LogP contribution in [-0.2, 0) is 11.3 Å². The summed E-state index contributed by atoms with van der Waals surface area (Å²) in [6.07, 6.45) is 3.06. The number of halogens is 3. The Morgan fingerprint density at radius 3 is 2.81 bits per heavy atom. The average Bonchev–Trinajstić information content (AvgIpc) is 3.18. The van der Waals surface area contributed by atoms with E-state index in [0.29, 0.717) is 12.1 Å². The third-order valence-corrected chi connectivity index (χ3v) is 6.07. The normalized spacial score (nSPS) is 14.4. The van der Waals surface area contributed by atoms with Gasteiger partial charge in [0.25, 0.3) is 0 Å². The molecule has 0 fully saturated rings. The molecule has 0 aliphatic heterocycles. The van der Waals surface area contributed by atoms with Crippen LogP contribution in [0, 0.1) is 6.92 Å². The number of aryl methyl sites for hydroxylation is 2. The fraction of sp³-hybridized carbons (Fsp3) is 0.273. The molecular weight excluding hydrogens is 425 g/mol. The number of pyridine rings is 2. The molecule has 0 amide bonds. The summed E-state index contributed by atoms with van der Waals surface area (Å²) in [5, 5.41) is 4.93. The summed E-state index contributed by atoms with van der Waals surface area (Å²) in [4.78, 5) is 19.7. The summed E-state index contributed by atoms with van der Waals surface area (Å²) >= 11 is 1.54. The summed E-state index contributed by atoms with van der Waals surface area (Å²) in [6, 6.07) is 7.83. The molecule has 4 rings (SSSR count). The van der Waals surface area contributed by atoms with Crippen LogP contribution in [0.25, 0.3) is 21.1 Å². The average molecular weight is 444 g/mol. The maximum Gasteiger partial charge on any atom is 0.301 e. The molecule has 1 aliphatic rings.